The molecule has 3 rings (SSSR count). The first-order valence-corrected chi connectivity index (χ1v) is 9.01. The van der Waals surface area contributed by atoms with Crippen LogP contribution in [-0.4, -0.2) is 36.9 Å². The number of anilines is 1. The SMILES string of the molecule is CS(=O)(=O)CC1(CNc2ncnc3sccc23)CC1. The maximum atomic E-state index is 11.4. The molecule has 1 aliphatic carbocycles. The summed E-state index contributed by atoms with van der Waals surface area (Å²) in [6.07, 6.45) is 4.77. The van der Waals surface area contributed by atoms with Gasteiger partial charge in [0.25, 0.3) is 0 Å². The lowest BCUT2D eigenvalue weighted by molar-refractivity contribution is 0.560. The zero-order valence-electron chi connectivity index (χ0n) is 10.6. The fraction of sp³-hybridized carbons (Fsp3) is 0.500. The molecule has 1 N–H and O–H groups in total. The van der Waals surface area contributed by atoms with Gasteiger partial charge in [0.15, 0.2) is 0 Å². The van der Waals surface area contributed by atoms with E-state index in [4.69, 9.17) is 0 Å². The van der Waals surface area contributed by atoms with Gasteiger partial charge in [-0.3, -0.25) is 0 Å². The zero-order valence-corrected chi connectivity index (χ0v) is 12.2. The van der Waals surface area contributed by atoms with Crippen LogP contribution in [0.25, 0.3) is 10.2 Å². The largest absolute Gasteiger partial charge is 0.369 e. The van der Waals surface area contributed by atoms with Crippen LogP contribution in [-0.2, 0) is 9.84 Å². The number of aromatic nitrogens is 2. The van der Waals surface area contributed by atoms with Gasteiger partial charge in [0, 0.05) is 18.2 Å². The van der Waals surface area contributed by atoms with E-state index in [1.807, 2.05) is 11.4 Å². The Hall–Kier alpha value is -1.21. The van der Waals surface area contributed by atoms with E-state index in [-0.39, 0.29) is 11.2 Å². The number of hydrogen-bond donors (Lipinski definition) is 1. The first-order chi connectivity index (χ1) is 8.98. The van der Waals surface area contributed by atoms with E-state index in [9.17, 15) is 8.42 Å². The van der Waals surface area contributed by atoms with E-state index in [0.29, 0.717) is 6.54 Å². The van der Waals surface area contributed by atoms with Gasteiger partial charge in [-0.1, -0.05) is 0 Å². The van der Waals surface area contributed by atoms with Crippen LogP contribution in [0, 0.1) is 5.41 Å². The Bertz CT molecular complexity index is 705. The van der Waals surface area contributed by atoms with Crippen molar-refractivity contribution in [3.8, 4) is 0 Å². The molecular weight excluding hydrogens is 282 g/mol. The second-order valence-electron chi connectivity index (χ2n) is 5.29. The van der Waals surface area contributed by atoms with Crippen molar-refractivity contribution in [3.63, 3.8) is 0 Å². The summed E-state index contributed by atoms with van der Waals surface area (Å²) in [5.41, 5.74) is -0.0964. The number of nitrogens with zero attached hydrogens (tertiary/aromatic N) is 2. The number of thiophene rings is 1. The predicted molar refractivity (Wildman–Crippen MR) is 77.3 cm³/mol. The minimum Gasteiger partial charge on any atom is -0.369 e. The number of nitrogens with one attached hydrogen (secondary N) is 1. The lowest BCUT2D eigenvalue weighted by atomic mass is 10.1. The molecule has 0 amide bonds. The van der Waals surface area contributed by atoms with E-state index in [2.05, 4.69) is 15.3 Å². The third-order valence-electron chi connectivity index (χ3n) is 3.42. The van der Waals surface area contributed by atoms with Crippen LogP contribution in [0.2, 0.25) is 0 Å². The highest BCUT2D eigenvalue weighted by atomic mass is 32.2. The molecule has 1 saturated carbocycles. The molecule has 2 aromatic heterocycles. The molecule has 5 nitrogen and oxygen atoms in total. The van der Waals surface area contributed by atoms with Crippen molar-refractivity contribution in [1.82, 2.24) is 9.97 Å². The van der Waals surface area contributed by atoms with Gasteiger partial charge in [-0.25, -0.2) is 18.4 Å². The zero-order chi connectivity index (χ0) is 13.5. The molecule has 2 heterocycles. The fourth-order valence-corrected chi connectivity index (χ4v) is 4.54. The Balaban J connectivity index is 1.75. The molecule has 2 aromatic rings. The molecule has 0 radical (unpaired) electrons. The third kappa shape index (κ3) is 2.87. The maximum absolute atomic E-state index is 11.4. The maximum Gasteiger partial charge on any atom is 0.148 e. The van der Waals surface area contributed by atoms with Gasteiger partial charge < -0.3 is 5.32 Å². The molecule has 0 saturated heterocycles. The number of rotatable bonds is 5. The highest BCUT2D eigenvalue weighted by Crippen LogP contribution is 2.46. The van der Waals surface area contributed by atoms with E-state index in [1.165, 1.54) is 12.6 Å². The molecule has 0 spiro atoms. The van der Waals surface area contributed by atoms with Crippen LogP contribution in [0.5, 0.6) is 0 Å². The van der Waals surface area contributed by atoms with Crippen molar-refractivity contribution in [2.24, 2.45) is 5.41 Å². The summed E-state index contributed by atoms with van der Waals surface area (Å²) in [7, 11) is -2.93. The number of sulfone groups is 1. The van der Waals surface area contributed by atoms with E-state index < -0.39 is 9.84 Å². The Kier molecular flexibility index (Phi) is 2.98. The van der Waals surface area contributed by atoms with Gasteiger partial charge in [-0.05, 0) is 24.3 Å². The van der Waals surface area contributed by atoms with Gasteiger partial charge in [-0.15, -0.1) is 11.3 Å². The number of fused-ring (bicyclic) bond motifs is 1. The Morgan fingerprint density at radius 1 is 1.42 bits per heavy atom. The van der Waals surface area contributed by atoms with Crippen molar-refractivity contribution in [2.75, 3.05) is 23.9 Å². The summed E-state index contributed by atoms with van der Waals surface area (Å²) in [5, 5.41) is 6.27. The summed E-state index contributed by atoms with van der Waals surface area (Å²) in [5.74, 6) is 1.05. The molecular formula is C12H15N3O2S2. The topological polar surface area (TPSA) is 72.0 Å². The van der Waals surface area contributed by atoms with Gasteiger partial charge in [-0.2, -0.15) is 0 Å². The van der Waals surface area contributed by atoms with Gasteiger partial charge >= 0.3 is 0 Å². The van der Waals surface area contributed by atoms with Crippen molar-refractivity contribution in [1.29, 1.82) is 0 Å². The summed E-state index contributed by atoms with van der Waals surface area (Å²) in [6, 6.07) is 1.98. The average molecular weight is 297 g/mol. The molecule has 0 atom stereocenters. The van der Waals surface area contributed by atoms with Gasteiger partial charge in [0.2, 0.25) is 0 Å². The van der Waals surface area contributed by atoms with Gasteiger partial charge in [0.05, 0.1) is 11.1 Å². The lowest BCUT2D eigenvalue weighted by Gasteiger charge is -2.15. The van der Waals surface area contributed by atoms with Crippen molar-refractivity contribution >= 4 is 37.2 Å². The highest BCUT2D eigenvalue weighted by molar-refractivity contribution is 7.90. The second-order valence-corrected chi connectivity index (χ2v) is 8.32. The monoisotopic (exact) mass is 297 g/mol. The fourth-order valence-electron chi connectivity index (χ4n) is 2.31. The average Bonchev–Trinajstić information content (AvgIpc) is 2.89. The van der Waals surface area contributed by atoms with Crippen LogP contribution < -0.4 is 5.32 Å². The van der Waals surface area contributed by atoms with E-state index >= 15 is 0 Å². The smallest absolute Gasteiger partial charge is 0.148 e. The molecule has 0 bridgehead atoms. The molecule has 1 fully saturated rings. The molecule has 102 valence electrons. The van der Waals surface area contributed by atoms with Crippen molar-refractivity contribution in [2.45, 2.75) is 12.8 Å². The molecule has 0 aromatic carbocycles. The lowest BCUT2D eigenvalue weighted by Crippen LogP contribution is -2.24. The molecule has 7 heteroatoms. The normalized spacial score (nSPS) is 17.5. The summed E-state index contributed by atoms with van der Waals surface area (Å²) in [4.78, 5) is 9.38. The van der Waals surface area contributed by atoms with Crippen LogP contribution in [0.4, 0.5) is 5.82 Å². The van der Waals surface area contributed by atoms with Crippen LogP contribution in [0.1, 0.15) is 12.8 Å². The quantitative estimate of drug-likeness (QED) is 0.913. The van der Waals surface area contributed by atoms with Gasteiger partial charge in [0.1, 0.15) is 26.8 Å². The Labute approximate surface area is 116 Å². The molecule has 0 aliphatic heterocycles. The molecule has 19 heavy (non-hydrogen) atoms. The first-order valence-electron chi connectivity index (χ1n) is 6.07. The van der Waals surface area contributed by atoms with Crippen molar-refractivity contribution in [3.05, 3.63) is 17.8 Å². The summed E-state index contributed by atoms with van der Waals surface area (Å²) in [6.45, 7) is 0.655. The summed E-state index contributed by atoms with van der Waals surface area (Å²) >= 11 is 1.57. The predicted octanol–water partition coefficient (Wildman–Crippen LogP) is 1.93. The molecule has 1 aliphatic rings. The Morgan fingerprint density at radius 3 is 2.89 bits per heavy atom. The van der Waals surface area contributed by atoms with Crippen molar-refractivity contribution < 1.29 is 8.42 Å². The van der Waals surface area contributed by atoms with E-state index in [0.717, 1.165) is 28.9 Å². The Morgan fingerprint density at radius 2 is 2.21 bits per heavy atom. The standard InChI is InChI=1S/C12H15N3O2S2/c1-19(16,17)7-12(3-4-12)6-13-10-9-2-5-18-11(9)15-8-14-10/h2,5,8H,3-4,6-7H2,1H3,(H,13,14,15). The highest BCUT2D eigenvalue weighted by Gasteiger charge is 2.45. The number of hydrogen-bond acceptors (Lipinski definition) is 6. The third-order valence-corrected chi connectivity index (χ3v) is 5.38. The molecule has 0 unspecified atom stereocenters. The minimum absolute atomic E-state index is 0.0964. The minimum atomic E-state index is -2.93. The van der Waals surface area contributed by atoms with Crippen LogP contribution >= 0.6 is 11.3 Å². The first kappa shape index (κ1) is 12.8. The van der Waals surface area contributed by atoms with E-state index in [1.54, 1.807) is 11.3 Å². The second kappa shape index (κ2) is 4.42. The van der Waals surface area contributed by atoms with Crippen LogP contribution in [0.3, 0.4) is 0 Å². The van der Waals surface area contributed by atoms with Crippen LogP contribution in [0.15, 0.2) is 17.8 Å². The summed E-state index contributed by atoms with van der Waals surface area (Å²) < 4.78 is 22.8.